The number of anilines is 2. The van der Waals surface area contributed by atoms with Crippen molar-refractivity contribution in [1.82, 2.24) is 9.78 Å². The predicted molar refractivity (Wildman–Crippen MR) is 80.7 cm³/mol. The van der Waals surface area contributed by atoms with E-state index in [4.69, 9.17) is 0 Å². The highest BCUT2D eigenvalue weighted by Gasteiger charge is 2.03. The summed E-state index contributed by atoms with van der Waals surface area (Å²) in [5.74, 6) is -0.0657. The summed E-state index contributed by atoms with van der Waals surface area (Å²) in [5, 5.41) is 10.4. The molecule has 0 fully saturated rings. The third-order valence-corrected chi connectivity index (χ3v) is 3.05. The molecule has 5 nitrogen and oxygen atoms in total. The Labute approximate surface area is 119 Å². The van der Waals surface area contributed by atoms with Crippen LogP contribution in [0.25, 0.3) is 0 Å². The molecule has 1 amide bonds. The average Bonchev–Trinajstić information content (AvgIpc) is 2.87. The molecule has 5 heteroatoms. The number of hydrogen-bond acceptors (Lipinski definition) is 3. The van der Waals surface area contributed by atoms with Crippen LogP contribution in [-0.2, 0) is 17.9 Å². The van der Waals surface area contributed by atoms with E-state index in [-0.39, 0.29) is 5.91 Å². The molecule has 0 aliphatic heterocycles. The normalized spacial score (nSPS) is 10.3. The number of aromatic nitrogens is 2. The third kappa shape index (κ3) is 3.60. The van der Waals surface area contributed by atoms with E-state index in [1.807, 2.05) is 42.2 Å². The van der Waals surface area contributed by atoms with Gasteiger partial charge < -0.3 is 10.6 Å². The molecule has 0 radical (unpaired) electrons. The first-order chi connectivity index (χ1) is 9.58. The highest BCUT2D eigenvalue weighted by atomic mass is 16.1. The molecule has 1 aromatic carbocycles. The van der Waals surface area contributed by atoms with Crippen LogP contribution >= 0.6 is 0 Å². The second-order valence-electron chi connectivity index (χ2n) is 4.77. The Morgan fingerprint density at radius 2 is 2.20 bits per heavy atom. The van der Waals surface area contributed by atoms with Gasteiger partial charge in [-0.25, -0.2) is 0 Å². The van der Waals surface area contributed by atoms with Gasteiger partial charge in [-0.3, -0.25) is 9.48 Å². The lowest BCUT2D eigenvalue weighted by Gasteiger charge is -2.11. The zero-order valence-corrected chi connectivity index (χ0v) is 12.1. The Hall–Kier alpha value is -2.30. The lowest BCUT2D eigenvalue weighted by Crippen LogP contribution is -2.07. The SMILES string of the molecule is CCn1cc(CNc2cc(NC(C)=O)ccc2C)cn1. The number of rotatable bonds is 5. The van der Waals surface area contributed by atoms with Crippen LogP contribution < -0.4 is 10.6 Å². The van der Waals surface area contributed by atoms with E-state index in [9.17, 15) is 4.79 Å². The Kier molecular flexibility index (Phi) is 4.40. The summed E-state index contributed by atoms with van der Waals surface area (Å²) in [6.45, 7) is 7.19. The number of carbonyl (C=O) groups excluding carboxylic acids is 1. The topological polar surface area (TPSA) is 59.0 Å². The van der Waals surface area contributed by atoms with Crippen molar-refractivity contribution in [2.45, 2.75) is 33.9 Å². The van der Waals surface area contributed by atoms with Gasteiger partial charge in [-0.05, 0) is 31.5 Å². The summed E-state index contributed by atoms with van der Waals surface area (Å²) in [5.41, 5.74) is 4.09. The zero-order valence-electron chi connectivity index (χ0n) is 12.1. The summed E-state index contributed by atoms with van der Waals surface area (Å²) < 4.78 is 1.90. The summed E-state index contributed by atoms with van der Waals surface area (Å²) >= 11 is 0. The number of benzene rings is 1. The van der Waals surface area contributed by atoms with Gasteiger partial charge in [0.15, 0.2) is 0 Å². The van der Waals surface area contributed by atoms with Crippen molar-refractivity contribution >= 4 is 17.3 Å². The molecule has 0 aliphatic carbocycles. The van der Waals surface area contributed by atoms with Crippen molar-refractivity contribution in [2.24, 2.45) is 0 Å². The smallest absolute Gasteiger partial charge is 0.221 e. The monoisotopic (exact) mass is 272 g/mol. The third-order valence-electron chi connectivity index (χ3n) is 3.05. The molecule has 1 aromatic heterocycles. The maximum atomic E-state index is 11.1. The second kappa shape index (κ2) is 6.23. The molecule has 0 bridgehead atoms. The highest BCUT2D eigenvalue weighted by molar-refractivity contribution is 5.89. The molecule has 0 saturated heterocycles. The van der Waals surface area contributed by atoms with Crippen LogP contribution in [0.1, 0.15) is 25.0 Å². The fraction of sp³-hybridized carbons (Fsp3) is 0.333. The number of nitrogens with one attached hydrogen (secondary N) is 2. The fourth-order valence-electron chi connectivity index (χ4n) is 1.96. The van der Waals surface area contributed by atoms with Crippen molar-refractivity contribution in [2.75, 3.05) is 10.6 Å². The Bertz CT molecular complexity index is 604. The van der Waals surface area contributed by atoms with Crippen LogP contribution in [0.15, 0.2) is 30.6 Å². The minimum Gasteiger partial charge on any atom is -0.381 e. The van der Waals surface area contributed by atoms with Crippen LogP contribution in [0, 0.1) is 6.92 Å². The van der Waals surface area contributed by atoms with Crippen LogP contribution in [0.5, 0.6) is 0 Å². The van der Waals surface area contributed by atoms with Gasteiger partial charge in [0.05, 0.1) is 6.20 Å². The van der Waals surface area contributed by atoms with Gasteiger partial charge in [-0.2, -0.15) is 5.10 Å². The van der Waals surface area contributed by atoms with Crippen molar-refractivity contribution in [3.63, 3.8) is 0 Å². The first kappa shape index (κ1) is 14.1. The van der Waals surface area contributed by atoms with Crippen LogP contribution in [-0.4, -0.2) is 15.7 Å². The van der Waals surface area contributed by atoms with E-state index < -0.39 is 0 Å². The molecule has 2 N–H and O–H groups in total. The Morgan fingerprint density at radius 3 is 2.85 bits per heavy atom. The average molecular weight is 272 g/mol. The number of carbonyl (C=O) groups is 1. The molecule has 0 aliphatic rings. The molecule has 0 spiro atoms. The summed E-state index contributed by atoms with van der Waals surface area (Å²) in [6, 6.07) is 5.83. The fourth-order valence-corrected chi connectivity index (χ4v) is 1.96. The summed E-state index contributed by atoms with van der Waals surface area (Å²) in [4.78, 5) is 11.1. The minimum atomic E-state index is -0.0657. The first-order valence-corrected chi connectivity index (χ1v) is 6.72. The van der Waals surface area contributed by atoms with Gasteiger partial charge >= 0.3 is 0 Å². The quantitative estimate of drug-likeness (QED) is 0.880. The molecular weight excluding hydrogens is 252 g/mol. The maximum absolute atomic E-state index is 11.1. The predicted octanol–water partition coefficient (Wildman–Crippen LogP) is 2.78. The van der Waals surface area contributed by atoms with E-state index >= 15 is 0 Å². The molecule has 2 rings (SSSR count). The van der Waals surface area contributed by atoms with Crippen molar-refractivity contribution < 1.29 is 4.79 Å². The van der Waals surface area contributed by atoms with Crippen LogP contribution in [0.4, 0.5) is 11.4 Å². The Balaban J connectivity index is 2.06. The summed E-state index contributed by atoms with van der Waals surface area (Å²) in [7, 11) is 0. The number of aryl methyl sites for hydroxylation is 2. The van der Waals surface area contributed by atoms with E-state index in [0.29, 0.717) is 6.54 Å². The van der Waals surface area contributed by atoms with Crippen LogP contribution in [0.3, 0.4) is 0 Å². The number of amides is 1. The van der Waals surface area contributed by atoms with Crippen molar-refractivity contribution in [3.8, 4) is 0 Å². The lowest BCUT2D eigenvalue weighted by atomic mass is 10.1. The molecule has 20 heavy (non-hydrogen) atoms. The van der Waals surface area contributed by atoms with Crippen LogP contribution in [0.2, 0.25) is 0 Å². The van der Waals surface area contributed by atoms with Gasteiger partial charge in [-0.15, -0.1) is 0 Å². The van der Waals surface area contributed by atoms with Gasteiger partial charge in [0.2, 0.25) is 5.91 Å². The molecule has 0 unspecified atom stereocenters. The van der Waals surface area contributed by atoms with Crippen molar-refractivity contribution in [1.29, 1.82) is 0 Å². The second-order valence-corrected chi connectivity index (χ2v) is 4.77. The van der Waals surface area contributed by atoms with E-state index in [1.54, 1.807) is 0 Å². The Morgan fingerprint density at radius 1 is 1.40 bits per heavy atom. The standard InChI is InChI=1S/C15H20N4O/c1-4-19-10-13(9-17-19)8-16-15-7-14(18-12(3)20)6-5-11(15)2/h5-7,9-10,16H,4,8H2,1-3H3,(H,18,20). The van der Waals surface area contributed by atoms with Gasteiger partial charge in [-0.1, -0.05) is 6.07 Å². The zero-order chi connectivity index (χ0) is 14.5. The lowest BCUT2D eigenvalue weighted by molar-refractivity contribution is -0.114. The molecule has 0 atom stereocenters. The van der Waals surface area contributed by atoms with Gasteiger partial charge in [0.25, 0.3) is 0 Å². The van der Waals surface area contributed by atoms with Crippen molar-refractivity contribution in [3.05, 3.63) is 41.7 Å². The minimum absolute atomic E-state index is 0.0657. The van der Waals surface area contributed by atoms with E-state index in [0.717, 1.165) is 29.0 Å². The molecular formula is C15H20N4O. The highest BCUT2D eigenvalue weighted by Crippen LogP contribution is 2.21. The van der Waals surface area contributed by atoms with Gasteiger partial charge in [0, 0.05) is 43.1 Å². The maximum Gasteiger partial charge on any atom is 0.221 e. The van der Waals surface area contributed by atoms with E-state index in [2.05, 4.69) is 22.7 Å². The van der Waals surface area contributed by atoms with Gasteiger partial charge in [0.1, 0.15) is 0 Å². The molecule has 1 heterocycles. The summed E-state index contributed by atoms with van der Waals surface area (Å²) in [6.07, 6.45) is 3.89. The van der Waals surface area contributed by atoms with E-state index in [1.165, 1.54) is 6.92 Å². The molecule has 2 aromatic rings. The first-order valence-electron chi connectivity index (χ1n) is 6.72. The number of nitrogens with zero attached hydrogens (tertiary/aromatic N) is 2. The largest absolute Gasteiger partial charge is 0.381 e. The molecule has 106 valence electrons. The molecule has 0 saturated carbocycles. The number of hydrogen-bond donors (Lipinski definition) is 2.